The SMILES string of the molecule is CCCN1C(=S)N[C@@H](c2ccccn2)[C@H]1c1ccc(C)n1C. The summed E-state index contributed by atoms with van der Waals surface area (Å²) in [6.07, 6.45) is 2.91. The molecule has 0 radical (unpaired) electrons. The lowest BCUT2D eigenvalue weighted by molar-refractivity contribution is 0.306. The minimum absolute atomic E-state index is 0.0910. The van der Waals surface area contributed by atoms with E-state index in [1.807, 2.05) is 18.3 Å². The van der Waals surface area contributed by atoms with E-state index in [0.29, 0.717) is 0 Å². The highest BCUT2D eigenvalue weighted by Crippen LogP contribution is 2.38. The Labute approximate surface area is 137 Å². The quantitative estimate of drug-likeness (QED) is 0.879. The number of nitrogens with one attached hydrogen (secondary N) is 1. The molecule has 2 atom stereocenters. The fraction of sp³-hybridized carbons (Fsp3) is 0.412. The fourth-order valence-electron chi connectivity index (χ4n) is 3.14. The zero-order chi connectivity index (χ0) is 15.7. The molecule has 0 saturated carbocycles. The monoisotopic (exact) mass is 314 g/mol. The van der Waals surface area contributed by atoms with Crippen molar-refractivity contribution < 1.29 is 0 Å². The van der Waals surface area contributed by atoms with Gasteiger partial charge in [0.1, 0.15) is 0 Å². The van der Waals surface area contributed by atoms with Gasteiger partial charge >= 0.3 is 0 Å². The first-order chi connectivity index (χ1) is 10.6. The van der Waals surface area contributed by atoms with Gasteiger partial charge in [-0.3, -0.25) is 4.98 Å². The smallest absolute Gasteiger partial charge is 0.170 e. The first-order valence-electron chi connectivity index (χ1n) is 7.73. The first-order valence-corrected chi connectivity index (χ1v) is 8.14. The lowest BCUT2D eigenvalue weighted by Crippen LogP contribution is -2.31. The van der Waals surface area contributed by atoms with Crippen molar-refractivity contribution in [2.24, 2.45) is 7.05 Å². The molecule has 3 heterocycles. The third-order valence-corrected chi connectivity index (χ3v) is 4.73. The zero-order valence-electron chi connectivity index (χ0n) is 13.3. The van der Waals surface area contributed by atoms with Crippen molar-refractivity contribution in [3.05, 3.63) is 53.6 Å². The summed E-state index contributed by atoms with van der Waals surface area (Å²) in [7, 11) is 2.12. The zero-order valence-corrected chi connectivity index (χ0v) is 14.1. The summed E-state index contributed by atoms with van der Waals surface area (Å²) >= 11 is 5.59. The summed E-state index contributed by atoms with van der Waals surface area (Å²) < 4.78 is 2.25. The Hall–Kier alpha value is -1.88. The molecule has 1 N–H and O–H groups in total. The van der Waals surface area contributed by atoms with Gasteiger partial charge in [-0.15, -0.1) is 0 Å². The first kappa shape index (κ1) is 15.0. The summed E-state index contributed by atoms with van der Waals surface area (Å²) in [5.41, 5.74) is 3.56. The Morgan fingerprint density at radius 1 is 1.27 bits per heavy atom. The van der Waals surface area contributed by atoms with Gasteiger partial charge < -0.3 is 14.8 Å². The number of aryl methyl sites for hydroxylation is 1. The van der Waals surface area contributed by atoms with E-state index >= 15 is 0 Å². The molecule has 1 saturated heterocycles. The van der Waals surface area contributed by atoms with E-state index in [1.165, 1.54) is 11.4 Å². The van der Waals surface area contributed by atoms with Gasteiger partial charge in [0.2, 0.25) is 0 Å². The van der Waals surface area contributed by atoms with Gasteiger partial charge in [0.25, 0.3) is 0 Å². The number of thiocarbonyl (C=S) groups is 1. The third-order valence-electron chi connectivity index (χ3n) is 4.38. The third kappa shape index (κ3) is 2.50. The van der Waals surface area contributed by atoms with E-state index in [4.69, 9.17) is 12.2 Å². The van der Waals surface area contributed by atoms with Crippen LogP contribution in [0.2, 0.25) is 0 Å². The van der Waals surface area contributed by atoms with Crippen LogP contribution in [0.1, 0.15) is 42.5 Å². The molecule has 116 valence electrons. The molecule has 0 aromatic carbocycles. The summed E-state index contributed by atoms with van der Waals surface area (Å²) in [5, 5.41) is 4.29. The minimum atomic E-state index is 0.0910. The summed E-state index contributed by atoms with van der Waals surface area (Å²) in [4.78, 5) is 6.84. The van der Waals surface area contributed by atoms with E-state index in [2.05, 4.69) is 58.9 Å². The Bertz CT molecular complexity index is 665. The second-order valence-electron chi connectivity index (χ2n) is 5.78. The summed E-state index contributed by atoms with van der Waals surface area (Å²) in [6.45, 7) is 5.26. The summed E-state index contributed by atoms with van der Waals surface area (Å²) in [5.74, 6) is 0. The number of rotatable bonds is 4. The number of aromatic nitrogens is 2. The fourth-order valence-corrected chi connectivity index (χ4v) is 3.47. The molecule has 2 aromatic rings. The Morgan fingerprint density at radius 3 is 2.68 bits per heavy atom. The van der Waals surface area contributed by atoms with Crippen LogP contribution in [0.4, 0.5) is 0 Å². The molecule has 3 rings (SSSR count). The molecular formula is C17H22N4S. The highest BCUT2D eigenvalue weighted by Gasteiger charge is 2.40. The number of pyridine rings is 1. The van der Waals surface area contributed by atoms with Gasteiger partial charge in [0.05, 0.1) is 17.8 Å². The molecule has 0 aliphatic carbocycles. The van der Waals surface area contributed by atoms with Crippen molar-refractivity contribution in [2.75, 3.05) is 6.54 Å². The number of hydrogen-bond acceptors (Lipinski definition) is 2. The van der Waals surface area contributed by atoms with Crippen molar-refractivity contribution in [3.8, 4) is 0 Å². The molecule has 0 bridgehead atoms. The van der Waals surface area contributed by atoms with Crippen molar-refractivity contribution in [1.29, 1.82) is 0 Å². The molecule has 0 unspecified atom stereocenters. The molecule has 0 amide bonds. The van der Waals surface area contributed by atoms with E-state index in [9.17, 15) is 0 Å². The van der Waals surface area contributed by atoms with Gasteiger partial charge in [-0.05, 0) is 49.8 Å². The van der Waals surface area contributed by atoms with Crippen LogP contribution in [0.3, 0.4) is 0 Å². The maximum atomic E-state index is 5.59. The molecule has 2 aromatic heterocycles. The van der Waals surface area contributed by atoms with Crippen LogP contribution in [0.15, 0.2) is 36.5 Å². The Balaban J connectivity index is 2.05. The second kappa shape index (κ2) is 6.08. The standard InChI is InChI=1S/C17H22N4S/c1-4-11-21-16(14-9-8-12(2)20(14)3)15(19-17(21)22)13-7-5-6-10-18-13/h5-10,15-16H,4,11H2,1-3H3,(H,19,22)/t15-,16+/m0/s1. The second-order valence-corrected chi connectivity index (χ2v) is 6.17. The van der Waals surface area contributed by atoms with Crippen LogP contribution in [0.5, 0.6) is 0 Å². The summed E-state index contributed by atoms with van der Waals surface area (Å²) in [6, 6.07) is 10.7. The van der Waals surface area contributed by atoms with Gasteiger partial charge in [0, 0.05) is 31.2 Å². The van der Waals surface area contributed by atoms with Crippen LogP contribution in [-0.4, -0.2) is 26.1 Å². The van der Waals surface area contributed by atoms with Gasteiger partial charge in [-0.2, -0.15) is 0 Å². The largest absolute Gasteiger partial charge is 0.352 e. The highest BCUT2D eigenvalue weighted by molar-refractivity contribution is 7.80. The van der Waals surface area contributed by atoms with Crippen molar-refractivity contribution in [3.63, 3.8) is 0 Å². The van der Waals surface area contributed by atoms with Crippen LogP contribution < -0.4 is 5.32 Å². The average Bonchev–Trinajstić information content (AvgIpc) is 3.02. The highest BCUT2D eigenvalue weighted by atomic mass is 32.1. The average molecular weight is 314 g/mol. The van der Waals surface area contributed by atoms with Crippen LogP contribution in [0, 0.1) is 6.92 Å². The molecule has 1 aliphatic rings. The van der Waals surface area contributed by atoms with E-state index in [0.717, 1.165) is 23.8 Å². The predicted molar refractivity (Wildman–Crippen MR) is 92.6 cm³/mol. The molecule has 5 heteroatoms. The van der Waals surface area contributed by atoms with E-state index in [1.54, 1.807) is 0 Å². The number of hydrogen-bond donors (Lipinski definition) is 1. The molecule has 1 fully saturated rings. The molecule has 1 aliphatic heterocycles. The topological polar surface area (TPSA) is 33.1 Å². The Kier molecular flexibility index (Phi) is 4.16. The normalized spacial score (nSPS) is 21.2. The molecule has 22 heavy (non-hydrogen) atoms. The van der Waals surface area contributed by atoms with Gasteiger partial charge in [0.15, 0.2) is 5.11 Å². The van der Waals surface area contributed by atoms with E-state index in [-0.39, 0.29) is 12.1 Å². The maximum absolute atomic E-state index is 5.59. The molecule has 4 nitrogen and oxygen atoms in total. The maximum Gasteiger partial charge on any atom is 0.170 e. The van der Waals surface area contributed by atoms with Crippen molar-refractivity contribution in [1.82, 2.24) is 19.8 Å². The Morgan fingerprint density at radius 2 is 2.09 bits per heavy atom. The van der Waals surface area contributed by atoms with Crippen molar-refractivity contribution in [2.45, 2.75) is 32.4 Å². The van der Waals surface area contributed by atoms with Crippen LogP contribution >= 0.6 is 12.2 Å². The minimum Gasteiger partial charge on any atom is -0.352 e. The lowest BCUT2D eigenvalue weighted by Gasteiger charge is -2.28. The predicted octanol–water partition coefficient (Wildman–Crippen LogP) is 3.11. The number of nitrogens with zero attached hydrogens (tertiary/aromatic N) is 3. The van der Waals surface area contributed by atoms with Crippen molar-refractivity contribution >= 4 is 17.3 Å². The van der Waals surface area contributed by atoms with Gasteiger partial charge in [-0.25, -0.2) is 0 Å². The molecule has 0 spiro atoms. The van der Waals surface area contributed by atoms with Crippen LogP contribution in [-0.2, 0) is 7.05 Å². The van der Waals surface area contributed by atoms with Crippen LogP contribution in [0.25, 0.3) is 0 Å². The van der Waals surface area contributed by atoms with E-state index < -0.39 is 0 Å². The van der Waals surface area contributed by atoms with Gasteiger partial charge in [-0.1, -0.05) is 13.0 Å². The lowest BCUT2D eigenvalue weighted by atomic mass is 10.0. The molecular weight excluding hydrogens is 292 g/mol.